The van der Waals surface area contributed by atoms with E-state index in [1.807, 2.05) is 13.8 Å². The number of carbonyl (C=O) groups is 1. The summed E-state index contributed by atoms with van der Waals surface area (Å²) in [5.74, 6) is -3.12. The van der Waals surface area contributed by atoms with Crippen LogP contribution < -0.4 is 0 Å². The molecule has 0 amide bonds. The van der Waals surface area contributed by atoms with E-state index in [9.17, 15) is 13.6 Å². The molecule has 0 saturated heterocycles. The summed E-state index contributed by atoms with van der Waals surface area (Å²) in [6.07, 6.45) is 0. The number of carboxylic acids is 1. The minimum Gasteiger partial charge on any atom is -0.478 e. The van der Waals surface area contributed by atoms with Crippen LogP contribution in [-0.4, -0.2) is 11.1 Å². The van der Waals surface area contributed by atoms with Crippen LogP contribution in [0.4, 0.5) is 8.78 Å². The van der Waals surface area contributed by atoms with Gasteiger partial charge in [0, 0.05) is 6.07 Å². The first kappa shape index (κ1) is 11.6. The lowest BCUT2D eigenvalue weighted by molar-refractivity contribution is 0.0695. The maximum atomic E-state index is 12.3. The summed E-state index contributed by atoms with van der Waals surface area (Å²) in [5, 5.41) is 8.30. The maximum absolute atomic E-state index is 12.3. The van der Waals surface area contributed by atoms with E-state index in [0.29, 0.717) is 6.07 Å². The van der Waals surface area contributed by atoms with Gasteiger partial charge >= 0.3 is 5.97 Å². The Balaban J connectivity index is 0.000000671. The van der Waals surface area contributed by atoms with E-state index in [-0.39, 0.29) is 5.56 Å². The lowest BCUT2D eigenvalue weighted by Crippen LogP contribution is -1.97. The van der Waals surface area contributed by atoms with Crippen LogP contribution in [0.5, 0.6) is 0 Å². The normalized spacial score (nSPS) is 8.62. The third kappa shape index (κ3) is 3.64. The monoisotopic (exact) mass is 188 g/mol. The zero-order valence-electron chi connectivity index (χ0n) is 7.34. The van der Waals surface area contributed by atoms with Crippen molar-refractivity contribution in [2.75, 3.05) is 0 Å². The van der Waals surface area contributed by atoms with Gasteiger partial charge in [-0.25, -0.2) is 13.6 Å². The van der Waals surface area contributed by atoms with Crippen molar-refractivity contribution in [2.45, 2.75) is 13.8 Å². The van der Waals surface area contributed by atoms with Crippen molar-refractivity contribution in [3.05, 3.63) is 35.4 Å². The van der Waals surface area contributed by atoms with E-state index in [2.05, 4.69) is 0 Å². The first-order chi connectivity index (χ1) is 6.09. The smallest absolute Gasteiger partial charge is 0.335 e. The zero-order valence-corrected chi connectivity index (χ0v) is 7.34. The third-order valence-electron chi connectivity index (χ3n) is 1.11. The molecule has 0 aliphatic carbocycles. The number of hydrogen-bond donors (Lipinski definition) is 1. The minimum absolute atomic E-state index is 0.387. The van der Waals surface area contributed by atoms with Gasteiger partial charge in [-0.3, -0.25) is 0 Å². The van der Waals surface area contributed by atoms with Crippen LogP contribution in [0.25, 0.3) is 0 Å². The number of rotatable bonds is 1. The number of carboxylic acid groups (broad SMARTS) is 1. The Morgan fingerprint density at radius 3 is 1.85 bits per heavy atom. The molecule has 0 heterocycles. The van der Waals surface area contributed by atoms with E-state index >= 15 is 0 Å². The van der Waals surface area contributed by atoms with Crippen LogP contribution >= 0.6 is 0 Å². The van der Waals surface area contributed by atoms with Crippen LogP contribution in [0, 0.1) is 11.6 Å². The molecule has 0 radical (unpaired) electrons. The van der Waals surface area contributed by atoms with Gasteiger partial charge in [-0.05, 0) is 12.1 Å². The summed E-state index contributed by atoms with van der Waals surface area (Å²) in [6, 6.07) is 2.13. The van der Waals surface area contributed by atoms with E-state index in [4.69, 9.17) is 5.11 Å². The van der Waals surface area contributed by atoms with E-state index in [0.717, 1.165) is 12.1 Å². The molecule has 0 unspecified atom stereocenters. The van der Waals surface area contributed by atoms with E-state index in [1.54, 1.807) is 0 Å². The fourth-order valence-corrected chi connectivity index (χ4v) is 0.677. The van der Waals surface area contributed by atoms with Gasteiger partial charge in [-0.15, -0.1) is 0 Å². The van der Waals surface area contributed by atoms with Crippen molar-refractivity contribution in [3.63, 3.8) is 0 Å². The predicted molar refractivity (Wildman–Crippen MR) is 44.7 cm³/mol. The Hall–Kier alpha value is -1.45. The van der Waals surface area contributed by atoms with E-state index in [1.165, 1.54) is 0 Å². The third-order valence-corrected chi connectivity index (χ3v) is 1.11. The van der Waals surface area contributed by atoms with Crippen LogP contribution in [0.2, 0.25) is 0 Å². The molecule has 0 bridgehead atoms. The maximum Gasteiger partial charge on any atom is 0.335 e. The average Bonchev–Trinajstić information content (AvgIpc) is 2.06. The first-order valence-corrected chi connectivity index (χ1v) is 3.79. The second-order valence-corrected chi connectivity index (χ2v) is 1.96. The van der Waals surface area contributed by atoms with Crippen molar-refractivity contribution < 1.29 is 18.7 Å². The number of benzene rings is 1. The van der Waals surface area contributed by atoms with Crippen molar-refractivity contribution in [1.29, 1.82) is 0 Å². The van der Waals surface area contributed by atoms with Crippen LogP contribution in [0.3, 0.4) is 0 Å². The van der Waals surface area contributed by atoms with Gasteiger partial charge in [0.25, 0.3) is 0 Å². The van der Waals surface area contributed by atoms with Gasteiger partial charge in [-0.1, -0.05) is 13.8 Å². The van der Waals surface area contributed by atoms with Crippen LogP contribution in [-0.2, 0) is 0 Å². The Bertz CT molecular complexity index is 277. The molecule has 1 aromatic rings. The molecule has 0 atom stereocenters. The first-order valence-electron chi connectivity index (χ1n) is 3.79. The molecule has 72 valence electrons. The number of halogens is 2. The van der Waals surface area contributed by atoms with Gasteiger partial charge in [0.1, 0.15) is 11.6 Å². The van der Waals surface area contributed by atoms with Gasteiger partial charge in [0.15, 0.2) is 0 Å². The second-order valence-electron chi connectivity index (χ2n) is 1.96. The molecule has 0 spiro atoms. The van der Waals surface area contributed by atoms with Crippen LogP contribution in [0.15, 0.2) is 18.2 Å². The van der Waals surface area contributed by atoms with Crippen molar-refractivity contribution in [2.24, 2.45) is 0 Å². The lowest BCUT2D eigenvalue weighted by Gasteiger charge is -1.93. The van der Waals surface area contributed by atoms with Gasteiger partial charge in [0.2, 0.25) is 0 Å². The summed E-state index contributed by atoms with van der Waals surface area (Å²) in [5.41, 5.74) is -0.387. The van der Waals surface area contributed by atoms with Gasteiger partial charge < -0.3 is 5.11 Å². The Morgan fingerprint density at radius 1 is 1.15 bits per heavy atom. The molecule has 1 N–H and O–H groups in total. The van der Waals surface area contributed by atoms with E-state index < -0.39 is 17.6 Å². The van der Waals surface area contributed by atoms with Crippen molar-refractivity contribution >= 4 is 5.97 Å². The topological polar surface area (TPSA) is 37.3 Å². The van der Waals surface area contributed by atoms with Crippen LogP contribution in [0.1, 0.15) is 24.2 Å². The largest absolute Gasteiger partial charge is 0.478 e. The summed E-state index contributed by atoms with van der Waals surface area (Å²) in [4.78, 5) is 10.2. The second kappa shape index (κ2) is 5.24. The highest BCUT2D eigenvalue weighted by atomic mass is 19.1. The number of aromatic carboxylic acids is 1. The summed E-state index contributed by atoms with van der Waals surface area (Å²) in [6.45, 7) is 4.00. The molecular weight excluding hydrogens is 178 g/mol. The molecular formula is C9H10F2O2. The number of hydrogen-bond acceptors (Lipinski definition) is 1. The molecule has 0 aliphatic heterocycles. The summed E-state index contributed by atoms with van der Waals surface area (Å²) >= 11 is 0. The Morgan fingerprint density at radius 2 is 1.54 bits per heavy atom. The average molecular weight is 188 g/mol. The molecule has 2 nitrogen and oxygen atoms in total. The molecule has 0 aliphatic rings. The molecule has 1 rings (SSSR count). The molecule has 0 saturated carbocycles. The quantitative estimate of drug-likeness (QED) is 0.735. The highest BCUT2D eigenvalue weighted by molar-refractivity contribution is 5.87. The molecule has 0 aromatic heterocycles. The van der Waals surface area contributed by atoms with Gasteiger partial charge in [0.05, 0.1) is 5.56 Å². The molecule has 1 aromatic carbocycles. The molecule has 13 heavy (non-hydrogen) atoms. The minimum atomic E-state index is -1.34. The SMILES string of the molecule is CC.O=C(O)c1cc(F)cc(F)c1. The highest BCUT2D eigenvalue weighted by Gasteiger charge is 2.05. The lowest BCUT2D eigenvalue weighted by atomic mass is 10.2. The summed E-state index contributed by atoms with van der Waals surface area (Å²) < 4.78 is 24.6. The fourth-order valence-electron chi connectivity index (χ4n) is 0.677. The standard InChI is InChI=1S/C7H4F2O2.C2H6/c8-5-1-4(7(10)11)2-6(9)3-5;1-2/h1-3H,(H,10,11);1-2H3. The molecule has 0 fully saturated rings. The van der Waals surface area contributed by atoms with Crippen molar-refractivity contribution in [3.8, 4) is 0 Å². The predicted octanol–water partition coefficient (Wildman–Crippen LogP) is 2.69. The molecule has 4 heteroatoms. The fraction of sp³-hybridized carbons (Fsp3) is 0.222. The Labute approximate surface area is 74.8 Å². The Kier molecular flexibility index (Phi) is 4.66. The summed E-state index contributed by atoms with van der Waals surface area (Å²) in [7, 11) is 0. The van der Waals surface area contributed by atoms with Crippen molar-refractivity contribution in [1.82, 2.24) is 0 Å². The van der Waals surface area contributed by atoms with Gasteiger partial charge in [-0.2, -0.15) is 0 Å². The highest BCUT2D eigenvalue weighted by Crippen LogP contribution is 2.07. The zero-order chi connectivity index (χ0) is 10.4.